The van der Waals surface area contributed by atoms with E-state index in [4.69, 9.17) is 5.73 Å². The van der Waals surface area contributed by atoms with Gasteiger partial charge in [-0.05, 0) is 77.8 Å². The van der Waals surface area contributed by atoms with Gasteiger partial charge in [-0.3, -0.25) is 28.8 Å². The third kappa shape index (κ3) is 21.9. The smallest absolute Gasteiger partial charge is 0.245 e. The highest BCUT2D eigenvalue weighted by Crippen LogP contribution is 2.23. The van der Waals surface area contributed by atoms with Crippen molar-refractivity contribution in [2.75, 3.05) is 27.2 Å². The number of nitrogens with one attached hydrogen (secondary N) is 7. The Morgan fingerprint density at radius 3 is 1.71 bits per heavy atom. The molecule has 16 heteroatoms. The van der Waals surface area contributed by atoms with E-state index < -0.39 is 47.4 Å². The quantitative estimate of drug-likeness (QED) is 0.0860. The summed E-state index contributed by atoms with van der Waals surface area (Å²) in [6, 6.07) is -3.07. The Hall–Kier alpha value is -3.63. The Morgan fingerprint density at radius 2 is 1.33 bits per heavy atom. The largest absolute Gasteiger partial charge is 0.356 e. The van der Waals surface area contributed by atoms with Gasteiger partial charge in [0.05, 0.1) is 18.1 Å². The molecular formula is C39H77N9O7. The van der Waals surface area contributed by atoms with Crippen molar-refractivity contribution in [2.45, 2.75) is 158 Å². The fourth-order valence-electron chi connectivity index (χ4n) is 4.79. The third-order valence-electron chi connectivity index (χ3n) is 9.71. The topological polar surface area (TPSA) is 233 Å². The SMILES string of the molecule is CC(C)C(C)NC=O.CNC(C)C(C)C.CN[C@H](C)C(=O)NC(C(=O)N[C@@H](C=O)CCC(=O)N[C@H]1CCN(C(=O)C(NC(=O)[C@H](C)N)C(C)(C)C)C1)C(C)C. The molecule has 1 aliphatic rings. The van der Waals surface area contributed by atoms with Crippen molar-refractivity contribution in [3.63, 3.8) is 0 Å². The summed E-state index contributed by atoms with van der Waals surface area (Å²) in [5.74, 6) is -0.741. The zero-order valence-electron chi connectivity index (χ0n) is 36.4. The Bertz CT molecular complexity index is 1190. The van der Waals surface area contributed by atoms with Crippen molar-refractivity contribution < 1.29 is 33.6 Å². The second kappa shape index (κ2) is 27.0. The number of carbonyl (C=O) groups excluding carboxylic acids is 7. The van der Waals surface area contributed by atoms with Crippen LogP contribution in [0.25, 0.3) is 0 Å². The molecule has 1 heterocycles. The molecule has 55 heavy (non-hydrogen) atoms. The maximum absolute atomic E-state index is 13.2. The van der Waals surface area contributed by atoms with Gasteiger partial charge in [-0.15, -0.1) is 0 Å². The van der Waals surface area contributed by atoms with E-state index in [-0.39, 0.29) is 42.5 Å². The summed E-state index contributed by atoms with van der Waals surface area (Å²) in [6.07, 6.45) is 1.92. The highest BCUT2D eigenvalue weighted by Gasteiger charge is 2.39. The maximum Gasteiger partial charge on any atom is 0.245 e. The molecule has 1 fully saturated rings. The fraction of sp³-hybridized carbons (Fsp3) is 0.821. The highest BCUT2D eigenvalue weighted by atomic mass is 16.2. The van der Waals surface area contributed by atoms with Gasteiger partial charge in [0, 0.05) is 37.6 Å². The molecule has 8 atom stereocenters. The summed E-state index contributed by atoms with van der Waals surface area (Å²) < 4.78 is 0. The Kier molecular flexibility index (Phi) is 26.3. The number of nitrogens with two attached hydrogens (primary N) is 1. The molecule has 0 radical (unpaired) electrons. The van der Waals surface area contributed by atoms with Gasteiger partial charge in [0.2, 0.25) is 35.9 Å². The van der Waals surface area contributed by atoms with Crippen LogP contribution >= 0.6 is 0 Å². The Balaban J connectivity index is 0. The number of rotatable bonds is 19. The summed E-state index contributed by atoms with van der Waals surface area (Å²) in [5, 5.41) is 19.6. The van der Waals surface area contributed by atoms with Crippen LogP contribution in [0, 0.1) is 23.2 Å². The van der Waals surface area contributed by atoms with Crippen LogP contribution < -0.4 is 43.0 Å². The second-order valence-corrected chi connectivity index (χ2v) is 16.6. The molecule has 0 bridgehead atoms. The molecular weight excluding hydrogens is 706 g/mol. The van der Waals surface area contributed by atoms with E-state index in [9.17, 15) is 33.6 Å². The van der Waals surface area contributed by atoms with Gasteiger partial charge in [0.25, 0.3) is 0 Å². The van der Waals surface area contributed by atoms with Gasteiger partial charge in [-0.25, -0.2) is 0 Å². The molecule has 1 saturated heterocycles. The van der Waals surface area contributed by atoms with Gasteiger partial charge in [-0.2, -0.15) is 0 Å². The molecule has 0 aromatic rings. The summed E-state index contributed by atoms with van der Waals surface area (Å²) in [5.41, 5.74) is 5.12. The number of carbonyl (C=O) groups is 7. The molecule has 0 aromatic carbocycles. The van der Waals surface area contributed by atoms with Crippen LogP contribution in [0.5, 0.6) is 0 Å². The van der Waals surface area contributed by atoms with Crippen LogP contribution in [-0.2, 0) is 33.6 Å². The third-order valence-corrected chi connectivity index (χ3v) is 9.71. The van der Waals surface area contributed by atoms with Crippen LogP contribution in [0.2, 0.25) is 0 Å². The molecule has 0 saturated carbocycles. The molecule has 0 aromatic heterocycles. The number of likely N-dealkylation sites (N-methyl/N-ethyl adjacent to an activating group) is 1. The zero-order valence-corrected chi connectivity index (χ0v) is 36.4. The number of likely N-dealkylation sites (tertiary alicyclic amines) is 1. The van der Waals surface area contributed by atoms with Gasteiger partial charge in [-0.1, -0.05) is 62.3 Å². The van der Waals surface area contributed by atoms with Crippen molar-refractivity contribution in [3.05, 3.63) is 0 Å². The lowest BCUT2D eigenvalue weighted by Crippen LogP contribution is -2.57. The molecule has 16 nitrogen and oxygen atoms in total. The molecule has 6 amide bonds. The number of hydrogen-bond donors (Lipinski definition) is 8. The molecule has 320 valence electrons. The molecule has 1 aliphatic heterocycles. The van der Waals surface area contributed by atoms with E-state index >= 15 is 0 Å². The lowest BCUT2D eigenvalue weighted by Gasteiger charge is -2.34. The first-order valence-electron chi connectivity index (χ1n) is 19.6. The minimum atomic E-state index is -0.902. The van der Waals surface area contributed by atoms with Crippen LogP contribution in [0.15, 0.2) is 0 Å². The van der Waals surface area contributed by atoms with Crippen molar-refractivity contribution >= 4 is 42.2 Å². The lowest BCUT2D eigenvalue weighted by molar-refractivity contribution is -0.139. The van der Waals surface area contributed by atoms with E-state index in [1.807, 2.05) is 34.7 Å². The van der Waals surface area contributed by atoms with Crippen LogP contribution in [0.4, 0.5) is 0 Å². The Morgan fingerprint density at radius 1 is 0.764 bits per heavy atom. The lowest BCUT2D eigenvalue weighted by atomic mass is 9.85. The van der Waals surface area contributed by atoms with E-state index in [0.29, 0.717) is 43.8 Å². The predicted octanol–water partition coefficient (Wildman–Crippen LogP) is 0.821. The summed E-state index contributed by atoms with van der Waals surface area (Å²) in [7, 11) is 3.62. The average molecular weight is 784 g/mol. The van der Waals surface area contributed by atoms with Crippen LogP contribution in [0.1, 0.15) is 109 Å². The number of amides is 6. The standard InChI is InChI=1S/C27H49N7O6.C6H13NO.C6H15N/c1-15(2)21(32-24(38)17(4)29-8)25(39)31-19(14-35)9-10-20(36)30-18-11-12-34(13-18)26(40)22(27(5,6)7)33-23(37)16(3)28;1-5(2)6(3)7-4-8;1-5(2)6(3)7-4/h14-19,21-22,29H,9-13,28H2,1-8H3,(H,30,36)(H,31,39)(H,32,38)(H,33,37);4-6H,1-3H3,(H,7,8);5-7H,1-4H3/t16-,17+,18-,19+,21?,22?;;/m0../s1. The monoisotopic (exact) mass is 784 g/mol. The van der Waals surface area contributed by atoms with Crippen molar-refractivity contribution in [1.82, 2.24) is 42.1 Å². The van der Waals surface area contributed by atoms with Gasteiger partial charge in [0.15, 0.2) is 0 Å². The van der Waals surface area contributed by atoms with Crippen molar-refractivity contribution in [3.8, 4) is 0 Å². The molecule has 1 rings (SSSR count). The van der Waals surface area contributed by atoms with Crippen molar-refractivity contribution in [1.29, 1.82) is 0 Å². The van der Waals surface area contributed by atoms with Gasteiger partial charge < -0.3 is 52.6 Å². The van der Waals surface area contributed by atoms with E-state index in [1.165, 1.54) is 0 Å². The van der Waals surface area contributed by atoms with Gasteiger partial charge >= 0.3 is 0 Å². The average Bonchev–Trinajstić information content (AvgIpc) is 3.57. The molecule has 9 N–H and O–H groups in total. The summed E-state index contributed by atoms with van der Waals surface area (Å²) in [4.78, 5) is 86.0. The summed E-state index contributed by atoms with van der Waals surface area (Å²) >= 11 is 0. The number of aldehydes is 1. The summed E-state index contributed by atoms with van der Waals surface area (Å²) in [6.45, 7) is 25.8. The highest BCUT2D eigenvalue weighted by molar-refractivity contribution is 5.91. The first-order valence-corrected chi connectivity index (χ1v) is 19.6. The molecule has 0 aliphatic carbocycles. The van der Waals surface area contributed by atoms with Crippen LogP contribution in [-0.4, -0.2) is 123 Å². The predicted molar refractivity (Wildman–Crippen MR) is 218 cm³/mol. The first-order chi connectivity index (χ1) is 25.4. The molecule has 0 spiro atoms. The number of hydrogen-bond acceptors (Lipinski definition) is 10. The molecule has 4 unspecified atom stereocenters. The first kappa shape index (κ1) is 53.5. The Labute approximate surface area is 331 Å². The minimum Gasteiger partial charge on any atom is -0.356 e. The van der Waals surface area contributed by atoms with Crippen molar-refractivity contribution in [2.24, 2.45) is 28.9 Å². The normalized spacial score (nSPS) is 17.8. The maximum atomic E-state index is 13.2. The van der Waals surface area contributed by atoms with E-state index in [0.717, 1.165) is 12.3 Å². The minimum absolute atomic E-state index is 0.0152. The van der Waals surface area contributed by atoms with Gasteiger partial charge in [0.1, 0.15) is 18.4 Å². The fourth-order valence-corrected chi connectivity index (χ4v) is 4.79. The van der Waals surface area contributed by atoms with Crippen LogP contribution in [0.3, 0.4) is 0 Å². The second-order valence-electron chi connectivity index (χ2n) is 16.6. The number of nitrogens with zero attached hydrogens (tertiary/aromatic N) is 1. The zero-order chi connectivity index (χ0) is 43.2. The van der Waals surface area contributed by atoms with E-state index in [2.05, 4.69) is 71.8 Å². The van der Waals surface area contributed by atoms with E-state index in [1.54, 1.807) is 39.6 Å².